The lowest BCUT2D eigenvalue weighted by Gasteiger charge is -2.15. The number of nitrogens with two attached hydrogens (primary N) is 1. The lowest BCUT2D eigenvalue weighted by atomic mass is 10.00. The number of carbonyl (C=O) groups excluding carboxylic acids is 1. The summed E-state index contributed by atoms with van der Waals surface area (Å²) in [5, 5.41) is 2.88. The second kappa shape index (κ2) is 7.52. The van der Waals surface area contributed by atoms with Gasteiger partial charge in [-0.15, -0.1) is 0 Å². The summed E-state index contributed by atoms with van der Waals surface area (Å²) in [7, 11) is 1.53. The third kappa shape index (κ3) is 4.51. The number of rotatable bonds is 6. The zero-order valence-electron chi connectivity index (χ0n) is 12.4. The predicted molar refractivity (Wildman–Crippen MR) is 78.9 cm³/mol. The Morgan fingerprint density at radius 2 is 2.29 bits per heavy atom. The van der Waals surface area contributed by atoms with Crippen LogP contribution in [0.5, 0.6) is 0 Å². The molecule has 1 saturated carbocycles. The van der Waals surface area contributed by atoms with Crippen molar-refractivity contribution in [3.63, 3.8) is 0 Å². The number of methoxy groups -OCH3 is 1. The molecule has 21 heavy (non-hydrogen) atoms. The van der Waals surface area contributed by atoms with Gasteiger partial charge in [-0.3, -0.25) is 4.79 Å². The van der Waals surface area contributed by atoms with Crippen molar-refractivity contribution in [3.05, 3.63) is 35.1 Å². The Kier molecular flexibility index (Phi) is 5.70. The predicted octanol–water partition coefficient (Wildman–Crippen LogP) is 2.11. The summed E-state index contributed by atoms with van der Waals surface area (Å²) in [6, 6.07) is 4.95. The van der Waals surface area contributed by atoms with Gasteiger partial charge in [0.05, 0.1) is 6.61 Å². The molecule has 1 aliphatic rings. The Morgan fingerprint density at radius 1 is 1.48 bits per heavy atom. The van der Waals surface area contributed by atoms with Crippen LogP contribution in [0.15, 0.2) is 18.2 Å². The summed E-state index contributed by atoms with van der Waals surface area (Å²) in [6.07, 6.45) is 3.63. The number of ether oxygens (including phenoxy) is 1. The van der Waals surface area contributed by atoms with Gasteiger partial charge in [0.25, 0.3) is 0 Å². The first-order valence-corrected chi connectivity index (χ1v) is 7.38. The van der Waals surface area contributed by atoms with Gasteiger partial charge in [0.15, 0.2) is 0 Å². The van der Waals surface area contributed by atoms with Crippen molar-refractivity contribution in [1.82, 2.24) is 5.32 Å². The van der Waals surface area contributed by atoms with Crippen molar-refractivity contribution in [2.75, 3.05) is 7.11 Å². The fourth-order valence-electron chi connectivity index (χ4n) is 2.83. The van der Waals surface area contributed by atoms with Crippen LogP contribution in [-0.4, -0.2) is 19.1 Å². The van der Waals surface area contributed by atoms with Gasteiger partial charge in [-0.2, -0.15) is 0 Å². The van der Waals surface area contributed by atoms with E-state index in [0.29, 0.717) is 24.4 Å². The molecule has 1 fully saturated rings. The molecule has 0 aromatic heterocycles. The lowest BCUT2D eigenvalue weighted by molar-refractivity contribution is -0.122. The maximum atomic E-state index is 13.5. The Bertz CT molecular complexity index is 493. The Labute approximate surface area is 124 Å². The minimum Gasteiger partial charge on any atom is -0.380 e. The summed E-state index contributed by atoms with van der Waals surface area (Å²) in [6.45, 7) is 0.627. The van der Waals surface area contributed by atoms with Gasteiger partial charge in [-0.05, 0) is 36.5 Å². The third-order valence-electron chi connectivity index (χ3n) is 4.07. The van der Waals surface area contributed by atoms with E-state index >= 15 is 0 Å². The highest BCUT2D eigenvalue weighted by Gasteiger charge is 2.25. The SMILES string of the molecule is COCc1cc(CNC(=O)C[C@@H]2CCC[C@H]2N)ccc1F. The molecule has 2 atom stereocenters. The lowest BCUT2D eigenvalue weighted by Crippen LogP contribution is -2.31. The molecular formula is C16H23FN2O2. The van der Waals surface area contributed by atoms with Crippen LogP contribution in [0.2, 0.25) is 0 Å². The number of hydrogen-bond acceptors (Lipinski definition) is 3. The van der Waals surface area contributed by atoms with E-state index in [4.69, 9.17) is 10.5 Å². The van der Waals surface area contributed by atoms with Gasteiger partial charge in [0, 0.05) is 31.7 Å². The van der Waals surface area contributed by atoms with E-state index in [1.165, 1.54) is 13.2 Å². The third-order valence-corrected chi connectivity index (χ3v) is 4.07. The van der Waals surface area contributed by atoms with Crippen molar-refractivity contribution in [2.24, 2.45) is 11.7 Å². The number of benzene rings is 1. The molecule has 4 nitrogen and oxygen atoms in total. The fraction of sp³-hybridized carbons (Fsp3) is 0.562. The Hall–Kier alpha value is -1.46. The average molecular weight is 294 g/mol. The first kappa shape index (κ1) is 15.9. The zero-order valence-corrected chi connectivity index (χ0v) is 12.4. The molecule has 1 aromatic carbocycles. The largest absolute Gasteiger partial charge is 0.380 e. The molecule has 2 rings (SSSR count). The van der Waals surface area contributed by atoms with Crippen molar-refractivity contribution < 1.29 is 13.9 Å². The van der Waals surface area contributed by atoms with E-state index in [0.717, 1.165) is 24.8 Å². The molecule has 1 amide bonds. The molecule has 0 unspecified atom stereocenters. The average Bonchev–Trinajstić information content (AvgIpc) is 2.85. The van der Waals surface area contributed by atoms with E-state index in [1.807, 2.05) is 0 Å². The molecule has 0 radical (unpaired) electrons. The molecular weight excluding hydrogens is 271 g/mol. The van der Waals surface area contributed by atoms with Crippen LogP contribution in [0.1, 0.15) is 36.8 Å². The highest BCUT2D eigenvalue weighted by molar-refractivity contribution is 5.76. The molecule has 0 spiro atoms. The molecule has 0 bridgehead atoms. The van der Waals surface area contributed by atoms with E-state index in [-0.39, 0.29) is 24.4 Å². The van der Waals surface area contributed by atoms with Crippen molar-refractivity contribution >= 4 is 5.91 Å². The molecule has 0 saturated heterocycles. The summed E-state index contributed by atoms with van der Waals surface area (Å²) in [5.41, 5.74) is 7.34. The van der Waals surface area contributed by atoms with Crippen LogP contribution in [-0.2, 0) is 22.7 Å². The van der Waals surface area contributed by atoms with E-state index in [2.05, 4.69) is 5.32 Å². The monoisotopic (exact) mass is 294 g/mol. The molecule has 3 N–H and O–H groups in total. The number of hydrogen-bond donors (Lipinski definition) is 2. The van der Waals surface area contributed by atoms with Crippen LogP contribution in [0.3, 0.4) is 0 Å². The Balaban J connectivity index is 1.84. The summed E-state index contributed by atoms with van der Waals surface area (Å²) in [5.74, 6) is 0.0149. The van der Waals surface area contributed by atoms with Crippen molar-refractivity contribution in [3.8, 4) is 0 Å². The highest BCUT2D eigenvalue weighted by atomic mass is 19.1. The van der Waals surface area contributed by atoms with Gasteiger partial charge in [0.2, 0.25) is 5.91 Å². The maximum Gasteiger partial charge on any atom is 0.220 e. The van der Waals surface area contributed by atoms with E-state index < -0.39 is 0 Å². The van der Waals surface area contributed by atoms with Crippen LogP contribution in [0.25, 0.3) is 0 Å². The maximum absolute atomic E-state index is 13.5. The van der Waals surface area contributed by atoms with Crippen LogP contribution in [0, 0.1) is 11.7 Å². The number of nitrogens with one attached hydrogen (secondary N) is 1. The van der Waals surface area contributed by atoms with Gasteiger partial charge in [0.1, 0.15) is 5.82 Å². The van der Waals surface area contributed by atoms with Crippen molar-refractivity contribution in [2.45, 2.75) is 44.9 Å². The summed E-state index contributed by atoms with van der Waals surface area (Å²) < 4.78 is 18.4. The fourth-order valence-corrected chi connectivity index (χ4v) is 2.83. The minimum atomic E-state index is -0.288. The normalized spacial score (nSPS) is 21.5. The molecule has 116 valence electrons. The summed E-state index contributed by atoms with van der Waals surface area (Å²) >= 11 is 0. The van der Waals surface area contributed by atoms with Crippen LogP contribution >= 0.6 is 0 Å². The molecule has 5 heteroatoms. The highest BCUT2D eigenvalue weighted by Crippen LogP contribution is 2.26. The van der Waals surface area contributed by atoms with E-state index in [1.54, 1.807) is 12.1 Å². The van der Waals surface area contributed by atoms with Crippen molar-refractivity contribution in [1.29, 1.82) is 0 Å². The number of amides is 1. The van der Waals surface area contributed by atoms with Gasteiger partial charge in [-0.1, -0.05) is 12.5 Å². The van der Waals surface area contributed by atoms with E-state index in [9.17, 15) is 9.18 Å². The van der Waals surface area contributed by atoms with Gasteiger partial charge < -0.3 is 15.8 Å². The number of carbonyl (C=O) groups is 1. The smallest absolute Gasteiger partial charge is 0.220 e. The van der Waals surface area contributed by atoms with Gasteiger partial charge >= 0.3 is 0 Å². The van der Waals surface area contributed by atoms with Crippen LogP contribution < -0.4 is 11.1 Å². The second-order valence-corrected chi connectivity index (χ2v) is 5.69. The molecule has 1 aromatic rings. The Morgan fingerprint density at radius 3 is 2.95 bits per heavy atom. The van der Waals surface area contributed by atoms with Crippen LogP contribution in [0.4, 0.5) is 4.39 Å². The zero-order chi connectivity index (χ0) is 15.2. The summed E-state index contributed by atoms with van der Waals surface area (Å²) in [4.78, 5) is 11.9. The number of halogens is 1. The first-order valence-electron chi connectivity index (χ1n) is 7.38. The molecule has 1 aliphatic carbocycles. The molecule has 0 aliphatic heterocycles. The first-order chi connectivity index (χ1) is 10.1. The standard InChI is InChI=1S/C16H23FN2O2/c1-21-10-13-7-11(5-6-14(13)17)9-19-16(20)8-12-3-2-4-15(12)18/h5-7,12,15H,2-4,8-10,18H2,1H3,(H,19,20)/t12-,15+/m0/s1. The topological polar surface area (TPSA) is 64.3 Å². The molecule has 0 heterocycles. The van der Waals surface area contributed by atoms with Gasteiger partial charge in [-0.25, -0.2) is 4.39 Å². The second-order valence-electron chi connectivity index (χ2n) is 5.69. The quantitative estimate of drug-likeness (QED) is 0.844. The minimum absolute atomic E-state index is 0.00923.